The van der Waals surface area contributed by atoms with Gasteiger partial charge in [-0.15, -0.1) is 0 Å². The number of para-hydroxylation sites is 2. The van der Waals surface area contributed by atoms with Gasteiger partial charge in [-0.3, -0.25) is 19.3 Å². The predicted molar refractivity (Wildman–Crippen MR) is 156 cm³/mol. The van der Waals surface area contributed by atoms with Crippen LogP contribution in [0.1, 0.15) is 107 Å². The number of carbonyl (C=O) groups is 2. The molecule has 0 spiro atoms. The van der Waals surface area contributed by atoms with Crippen molar-refractivity contribution < 1.29 is 14.3 Å². The lowest BCUT2D eigenvalue weighted by molar-refractivity contribution is -0.149. The summed E-state index contributed by atoms with van der Waals surface area (Å²) in [6, 6.07) is 8.73. The van der Waals surface area contributed by atoms with Gasteiger partial charge in [-0.05, 0) is 77.5 Å². The summed E-state index contributed by atoms with van der Waals surface area (Å²) in [6.45, 7) is 6.28. The molecule has 0 N–H and O–H groups in total. The Morgan fingerprint density at radius 1 is 0.950 bits per heavy atom. The van der Waals surface area contributed by atoms with Crippen molar-refractivity contribution >= 4 is 22.9 Å². The standard InChI is InChI=1S/C32H46N4O4/c1-3-40-32(39)24-17-20-34(21-18-24)30(37)29-31(38)36(28-16-10-9-15-27(28)33-29)23(2)22-26-14-11-19-35(26)25-12-7-5-4-6-8-13-25/h9-10,15-16,23-26H,3-8,11-14,17-22H2,1-2H3/t23-,26-/m0/s1. The van der Waals surface area contributed by atoms with Gasteiger partial charge in [0.1, 0.15) is 0 Å². The van der Waals surface area contributed by atoms with Gasteiger partial charge in [0.25, 0.3) is 11.5 Å². The van der Waals surface area contributed by atoms with Crippen molar-refractivity contribution in [2.24, 2.45) is 5.92 Å². The number of piperidine rings is 1. The number of aromatic nitrogens is 2. The fourth-order valence-corrected chi connectivity index (χ4v) is 7.32. The molecule has 0 radical (unpaired) electrons. The third kappa shape index (κ3) is 6.27. The zero-order valence-electron chi connectivity index (χ0n) is 24.4. The second-order valence-electron chi connectivity index (χ2n) is 12.1. The number of likely N-dealkylation sites (tertiary alicyclic amines) is 2. The molecule has 1 saturated carbocycles. The van der Waals surface area contributed by atoms with Crippen LogP contribution in [0, 0.1) is 5.92 Å². The summed E-state index contributed by atoms with van der Waals surface area (Å²) in [7, 11) is 0. The smallest absolute Gasteiger partial charge is 0.309 e. The molecule has 1 aliphatic carbocycles. The predicted octanol–water partition coefficient (Wildman–Crippen LogP) is 5.34. The van der Waals surface area contributed by atoms with Crippen LogP contribution >= 0.6 is 0 Å². The molecule has 0 unspecified atom stereocenters. The normalized spacial score (nSPS) is 22.6. The van der Waals surface area contributed by atoms with E-state index in [-0.39, 0.29) is 35.1 Å². The van der Waals surface area contributed by atoms with Crippen LogP contribution in [0.3, 0.4) is 0 Å². The minimum absolute atomic E-state index is 0.0107. The van der Waals surface area contributed by atoms with Gasteiger partial charge in [-0.2, -0.15) is 0 Å². The monoisotopic (exact) mass is 550 g/mol. The van der Waals surface area contributed by atoms with E-state index in [2.05, 4.69) is 16.8 Å². The Morgan fingerprint density at radius 3 is 2.38 bits per heavy atom. The third-order valence-electron chi connectivity index (χ3n) is 9.42. The fourth-order valence-electron chi connectivity index (χ4n) is 7.32. The average molecular weight is 551 g/mol. The first-order valence-corrected chi connectivity index (χ1v) is 15.7. The minimum Gasteiger partial charge on any atom is -0.466 e. The maximum Gasteiger partial charge on any atom is 0.309 e. The van der Waals surface area contributed by atoms with E-state index in [0.29, 0.717) is 50.1 Å². The third-order valence-corrected chi connectivity index (χ3v) is 9.42. The number of benzene rings is 1. The molecule has 8 heteroatoms. The van der Waals surface area contributed by atoms with Crippen molar-refractivity contribution in [2.75, 3.05) is 26.2 Å². The van der Waals surface area contributed by atoms with Gasteiger partial charge in [-0.25, -0.2) is 4.98 Å². The highest BCUT2D eigenvalue weighted by atomic mass is 16.5. The summed E-state index contributed by atoms with van der Waals surface area (Å²) < 4.78 is 7.00. The van der Waals surface area contributed by atoms with E-state index in [1.807, 2.05) is 28.8 Å². The van der Waals surface area contributed by atoms with E-state index < -0.39 is 0 Å². The van der Waals surface area contributed by atoms with E-state index in [9.17, 15) is 14.4 Å². The van der Waals surface area contributed by atoms with Crippen LogP contribution < -0.4 is 5.56 Å². The molecule has 8 nitrogen and oxygen atoms in total. The largest absolute Gasteiger partial charge is 0.466 e. The topological polar surface area (TPSA) is 84.7 Å². The van der Waals surface area contributed by atoms with Gasteiger partial charge < -0.3 is 14.2 Å². The van der Waals surface area contributed by atoms with Crippen molar-refractivity contribution in [1.82, 2.24) is 19.4 Å². The molecule has 218 valence electrons. The molecular formula is C32H46N4O4. The van der Waals surface area contributed by atoms with Crippen molar-refractivity contribution in [3.05, 3.63) is 40.3 Å². The number of carbonyl (C=O) groups excluding carboxylic acids is 2. The molecule has 1 amide bonds. The Balaban J connectivity index is 1.36. The number of rotatable bonds is 7. The Morgan fingerprint density at radius 2 is 1.65 bits per heavy atom. The van der Waals surface area contributed by atoms with Gasteiger partial charge in [0.05, 0.1) is 23.6 Å². The van der Waals surface area contributed by atoms with Gasteiger partial charge in [0.15, 0.2) is 5.69 Å². The summed E-state index contributed by atoms with van der Waals surface area (Å²) in [5.74, 6) is -0.733. The fraction of sp³-hybridized carbons (Fsp3) is 0.688. The molecule has 3 aliphatic rings. The van der Waals surface area contributed by atoms with Crippen molar-refractivity contribution in [3.63, 3.8) is 0 Å². The number of ether oxygens (including phenoxy) is 1. The van der Waals surface area contributed by atoms with Crippen LogP contribution in [-0.4, -0.2) is 69.6 Å². The summed E-state index contributed by atoms with van der Waals surface area (Å²) in [5.41, 5.74) is 1.14. The summed E-state index contributed by atoms with van der Waals surface area (Å²) in [5, 5.41) is 0. The second-order valence-corrected chi connectivity index (χ2v) is 12.1. The molecule has 40 heavy (non-hydrogen) atoms. The highest BCUT2D eigenvalue weighted by Gasteiger charge is 2.34. The maximum absolute atomic E-state index is 14.0. The molecule has 2 saturated heterocycles. The van der Waals surface area contributed by atoms with Gasteiger partial charge in [0, 0.05) is 31.2 Å². The molecule has 5 rings (SSSR count). The van der Waals surface area contributed by atoms with Gasteiger partial charge in [-0.1, -0.05) is 44.2 Å². The molecule has 1 aromatic carbocycles. The Labute approximate surface area is 238 Å². The average Bonchev–Trinajstić information content (AvgIpc) is 3.40. The summed E-state index contributed by atoms with van der Waals surface area (Å²) in [6.07, 6.45) is 13.6. The van der Waals surface area contributed by atoms with E-state index in [1.54, 1.807) is 11.8 Å². The van der Waals surface area contributed by atoms with Crippen LogP contribution in [0.2, 0.25) is 0 Å². The lowest BCUT2D eigenvalue weighted by Crippen LogP contribution is -2.44. The van der Waals surface area contributed by atoms with Gasteiger partial charge >= 0.3 is 5.97 Å². The summed E-state index contributed by atoms with van der Waals surface area (Å²) in [4.78, 5) is 48.8. The van der Waals surface area contributed by atoms with Crippen molar-refractivity contribution in [3.8, 4) is 0 Å². The number of esters is 1. The van der Waals surface area contributed by atoms with Crippen LogP contribution in [0.25, 0.3) is 11.0 Å². The Bertz CT molecular complexity index is 1230. The van der Waals surface area contributed by atoms with Crippen LogP contribution in [0.15, 0.2) is 29.1 Å². The lowest BCUT2D eigenvalue weighted by Gasteiger charge is -2.36. The molecule has 2 aromatic rings. The minimum atomic E-state index is -0.337. The SMILES string of the molecule is CCOC(=O)C1CCN(C(=O)c2nc3ccccc3n([C@@H](C)C[C@@H]3CCCN3C3CCCCCCC3)c2=O)CC1. The summed E-state index contributed by atoms with van der Waals surface area (Å²) >= 11 is 0. The van der Waals surface area contributed by atoms with Crippen LogP contribution in [0.5, 0.6) is 0 Å². The number of nitrogens with zero attached hydrogens (tertiary/aromatic N) is 4. The number of fused-ring (bicyclic) bond motifs is 1. The Kier molecular flexibility index (Phi) is 9.56. The highest BCUT2D eigenvalue weighted by Crippen LogP contribution is 2.32. The van der Waals surface area contributed by atoms with Crippen LogP contribution in [-0.2, 0) is 9.53 Å². The van der Waals surface area contributed by atoms with Gasteiger partial charge in [0.2, 0.25) is 0 Å². The van der Waals surface area contributed by atoms with Crippen molar-refractivity contribution in [2.45, 2.75) is 109 Å². The number of hydrogen-bond donors (Lipinski definition) is 0. The zero-order valence-corrected chi connectivity index (χ0v) is 24.4. The number of amides is 1. The molecule has 3 heterocycles. The van der Waals surface area contributed by atoms with Crippen molar-refractivity contribution in [1.29, 1.82) is 0 Å². The molecule has 3 fully saturated rings. The Hall–Kier alpha value is -2.74. The maximum atomic E-state index is 14.0. The van der Waals surface area contributed by atoms with Crippen LogP contribution in [0.4, 0.5) is 0 Å². The van der Waals surface area contributed by atoms with E-state index >= 15 is 0 Å². The molecule has 1 aromatic heterocycles. The zero-order chi connectivity index (χ0) is 28.1. The second kappa shape index (κ2) is 13.3. The lowest BCUT2D eigenvalue weighted by atomic mass is 9.94. The highest BCUT2D eigenvalue weighted by molar-refractivity contribution is 5.94. The quantitative estimate of drug-likeness (QED) is 0.433. The van der Waals surface area contributed by atoms with E-state index in [4.69, 9.17) is 4.74 Å². The first-order chi connectivity index (χ1) is 19.5. The first kappa shape index (κ1) is 28.8. The first-order valence-electron chi connectivity index (χ1n) is 15.7. The molecule has 0 bridgehead atoms. The molecule has 2 aliphatic heterocycles. The van der Waals surface area contributed by atoms with E-state index in [1.165, 1.54) is 57.8 Å². The van der Waals surface area contributed by atoms with E-state index in [0.717, 1.165) is 18.5 Å². The number of hydrogen-bond acceptors (Lipinski definition) is 6. The molecule has 2 atom stereocenters. The molecular weight excluding hydrogens is 504 g/mol.